The minimum absolute atomic E-state index is 0.0193. The number of rotatable bonds is 5. The third-order valence-electron chi connectivity index (χ3n) is 4.71. The van der Waals surface area contributed by atoms with Crippen LogP contribution >= 0.6 is 0 Å². The molecule has 1 N–H and O–H groups in total. The molecule has 4 rings (SSSR count). The largest absolute Gasteiger partial charge is 0.453 e. The number of aromatic nitrogens is 1. The second-order valence-corrected chi connectivity index (χ2v) is 8.70. The first-order valence-corrected chi connectivity index (χ1v) is 11.1. The lowest BCUT2D eigenvalue weighted by Crippen LogP contribution is -2.31. The van der Waals surface area contributed by atoms with Gasteiger partial charge in [0, 0.05) is 18.4 Å². The maximum atomic E-state index is 13.3. The van der Waals surface area contributed by atoms with E-state index in [-0.39, 0.29) is 16.4 Å². The van der Waals surface area contributed by atoms with Gasteiger partial charge in [0.2, 0.25) is 0 Å². The molecule has 1 amide bonds. The van der Waals surface area contributed by atoms with Crippen molar-refractivity contribution in [2.75, 3.05) is 16.2 Å². The lowest BCUT2D eigenvalue weighted by Gasteiger charge is -2.20. The first-order valence-electron chi connectivity index (χ1n) is 9.57. The van der Waals surface area contributed by atoms with Crippen LogP contribution in [-0.4, -0.2) is 25.9 Å². The van der Waals surface area contributed by atoms with Crippen molar-refractivity contribution in [1.29, 1.82) is 0 Å². The van der Waals surface area contributed by atoms with Gasteiger partial charge in [0.25, 0.3) is 15.9 Å². The molecule has 8 heteroatoms. The lowest BCUT2D eigenvalue weighted by atomic mass is 10.1. The van der Waals surface area contributed by atoms with E-state index in [0.29, 0.717) is 36.0 Å². The van der Waals surface area contributed by atoms with Gasteiger partial charge in [0.15, 0.2) is 11.6 Å². The lowest BCUT2D eigenvalue weighted by molar-refractivity contribution is 0.0986. The van der Waals surface area contributed by atoms with Gasteiger partial charge in [-0.15, -0.1) is 0 Å². The highest BCUT2D eigenvalue weighted by molar-refractivity contribution is 7.92. The number of anilines is 2. The van der Waals surface area contributed by atoms with Crippen LogP contribution in [0.2, 0.25) is 0 Å². The molecule has 1 aliphatic rings. The van der Waals surface area contributed by atoms with E-state index < -0.39 is 10.0 Å². The standard InChI is InChI=1S/C22H21N3O4S/c1-3-13-25-21-20(5-4-12-23-21)29-19-11-10-17(14-18(19)22(25)26)30(27,28)24-16-8-6-15(2)7-9-16/h4-12,14,24H,3,13H2,1-2H3. The van der Waals surface area contributed by atoms with Crippen molar-refractivity contribution in [2.45, 2.75) is 25.2 Å². The van der Waals surface area contributed by atoms with Crippen molar-refractivity contribution in [2.24, 2.45) is 0 Å². The van der Waals surface area contributed by atoms with E-state index in [0.717, 1.165) is 5.56 Å². The Hall–Kier alpha value is -3.39. The monoisotopic (exact) mass is 423 g/mol. The van der Waals surface area contributed by atoms with Crippen molar-refractivity contribution in [3.05, 3.63) is 71.9 Å². The van der Waals surface area contributed by atoms with Gasteiger partial charge < -0.3 is 4.74 Å². The second kappa shape index (κ2) is 7.79. The van der Waals surface area contributed by atoms with E-state index in [1.54, 1.807) is 30.5 Å². The zero-order valence-electron chi connectivity index (χ0n) is 16.6. The van der Waals surface area contributed by atoms with Crippen molar-refractivity contribution in [1.82, 2.24) is 4.98 Å². The van der Waals surface area contributed by atoms with Crippen LogP contribution < -0.4 is 14.4 Å². The number of carbonyl (C=O) groups excluding carboxylic acids is 1. The van der Waals surface area contributed by atoms with Gasteiger partial charge >= 0.3 is 0 Å². The van der Waals surface area contributed by atoms with Gasteiger partial charge in [-0.1, -0.05) is 24.6 Å². The summed E-state index contributed by atoms with van der Waals surface area (Å²) in [5.74, 6) is 0.813. The Bertz CT molecular complexity index is 1210. The number of sulfonamides is 1. The van der Waals surface area contributed by atoms with Gasteiger partial charge in [-0.2, -0.15) is 0 Å². The molecule has 154 valence electrons. The molecule has 0 saturated carbocycles. The van der Waals surface area contributed by atoms with E-state index in [4.69, 9.17) is 4.74 Å². The van der Waals surface area contributed by atoms with Crippen LogP contribution in [0.3, 0.4) is 0 Å². The number of aryl methyl sites for hydroxylation is 1. The molecular weight excluding hydrogens is 402 g/mol. The van der Waals surface area contributed by atoms with Gasteiger partial charge in [0.1, 0.15) is 5.75 Å². The molecule has 0 aliphatic carbocycles. The zero-order valence-corrected chi connectivity index (χ0v) is 17.4. The SMILES string of the molecule is CCCN1C(=O)c2cc(S(=O)(=O)Nc3ccc(C)cc3)ccc2Oc2cccnc21. The van der Waals surface area contributed by atoms with Gasteiger partial charge in [0.05, 0.1) is 10.5 Å². The molecule has 30 heavy (non-hydrogen) atoms. The summed E-state index contributed by atoms with van der Waals surface area (Å²) >= 11 is 0. The number of hydrogen-bond donors (Lipinski definition) is 1. The number of ether oxygens (including phenoxy) is 1. The summed E-state index contributed by atoms with van der Waals surface area (Å²) in [6.45, 7) is 4.31. The summed E-state index contributed by atoms with van der Waals surface area (Å²) in [6.07, 6.45) is 2.31. The highest BCUT2D eigenvalue weighted by Crippen LogP contribution is 2.38. The molecule has 1 aliphatic heterocycles. The fraction of sp³-hybridized carbons (Fsp3) is 0.182. The minimum atomic E-state index is -3.88. The molecule has 0 fully saturated rings. The van der Waals surface area contributed by atoms with Gasteiger partial charge in [-0.05, 0) is 55.8 Å². The maximum Gasteiger partial charge on any atom is 0.263 e. The molecule has 3 aromatic rings. The first-order chi connectivity index (χ1) is 14.4. The smallest absolute Gasteiger partial charge is 0.263 e. The number of hydrogen-bond acceptors (Lipinski definition) is 5. The number of carbonyl (C=O) groups is 1. The fourth-order valence-corrected chi connectivity index (χ4v) is 4.31. The van der Waals surface area contributed by atoms with Crippen molar-refractivity contribution >= 4 is 27.4 Å². The average Bonchev–Trinajstić information content (AvgIpc) is 2.84. The number of amides is 1. The Balaban J connectivity index is 1.74. The van der Waals surface area contributed by atoms with E-state index >= 15 is 0 Å². The van der Waals surface area contributed by atoms with Crippen LogP contribution in [0.25, 0.3) is 0 Å². The number of nitrogens with zero attached hydrogens (tertiary/aromatic N) is 2. The number of fused-ring (bicyclic) bond motifs is 2. The molecule has 0 radical (unpaired) electrons. The Kier molecular flexibility index (Phi) is 5.17. The summed E-state index contributed by atoms with van der Waals surface area (Å²) in [5.41, 5.74) is 1.64. The summed E-state index contributed by atoms with van der Waals surface area (Å²) < 4.78 is 34.3. The summed E-state index contributed by atoms with van der Waals surface area (Å²) in [4.78, 5) is 19.1. The number of nitrogens with one attached hydrogen (secondary N) is 1. The molecule has 1 aromatic heterocycles. The average molecular weight is 423 g/mol. The molecule has 0 atom stereocenters. The minimum Gasteiger partial charge on any atom is -0.453 e. The van der Waals surface area contributed by atoms with E-state index in [1.807, 2.05) is 26.0 Å². The Morgan fingerprint density at radius 2 is 1.83 bits per heavy atom. The topological polar surface area (TPSA) is 88.6 Å². The molecule has 2 aromatic carbocycles. The van der Waals surface area contributed by atoms with E-state index in [2.05, 4.69) is 9.71 Å². The predicted molar refractivity (Wildman–Crippen MR) is 115 cm³/mol. The van der Waals surface area contributed by atoms with Crippen molar-refractivity contribution < 1.29 is 17.9 Å². The maximum absolute atomic E-state index is 13.3. The van der Waals surface area contributed by atoms with Crippen LogP contribution in [0.15, 0.2) is 65.7 Å². The Labute approximate surface area is 175 Å². The van der Waals surface area contributed by atoms with Crippen LogP contribution in [0.4, 0.5) is 11.5 Å². The third-order valence-corrected chi connectivity index (χ3v) is 6.09. The second-order valence-electron chi connectivity index (χ2n) is 7.01. The van der Waals surface area contributed by atoms with Crippen LogP contribution in [0.5, 0.6) is 11.5 Å². The summed E-state index contributed by atoms with van der Waals surface area (Å²) in [6, 6.07) is 14.8. The quantitative estimate of drug-likeness (QED) is 0.659. The number of pyridine rings is 1. The van der Waals surface area contributed by atoms with E-state index in [1.165, 1.54) is 23.1 Å². The van der Waals surface area contributed by atoms with Crippen LogP contribution in [0, 0.1) is 6.92 Å². The van der Waals surface area contributed by atoms with Crippen LogP contribution in [0.1, 0.15) is 29.3 Å². The molecule has 2 heterocycles. The highest BCUT2D eigenvalue weighted by atomic mass is 32.2. The molecular formula is C22H21N3O4S. The predicted octanol–water partition coefficient (Wildman–Crippen LogP) is 4.35. The van der Waals surface area contributed by atoms with E-state index in [9.17, 15) is 13.2 Å². The molecule has 7 nitrogen and oxygen atoms in total. The summed E-state index contributed by atoms with van der Waals surface area (Å²) in [7, 11) is -3.88. The Morgan fingerprint density at radius 3 is 2.57 bits per heavy atom. The summed E-state index contributed by atoms with van der Waals surface area (Å²) in [5, 5.41) is 0. The number of benzene rings is 2. The molecule has 0 spiro atoms. The van der Waals surface area contributed by atoms with Crippen molar-refractivity contribution in [3.8, 4) is 11.5 Å². The first kappa shape index (κ1) is 19.9. The molecule has 0 bridgehead atoms. The van der Waals surface area contributed by atoms with Crippen molar-refractivity contribution in [3.63, 3.8) is 0 Å². The Morgan fingerprint density at radius 1 is 1.07 bits per heavy atom. The van der Waals surface area contributed by atoms with Gasteiger partial charge in [-0.3, -0.25) is 14.4 Å². The zero-order chi connectivity index (χ0) is 21.3. The van der Waals surface area contributed by atoms with Gasteiger partial charge in [-0.25, -0.2) is 13.4 Å². The molecule has 0 saturated heterocycles. The third kappa shape index (κ3) is 3.73. The highest BCUT2D eigenvalue weighted by Gasteiger charge is 2.30. The van der Waals surface area contributed by atoms with Crippen LogP contribution in [-0.2, 0) is 10.0 Å². The fourth-order valence-electron chi connectivity index (χ4n) is 3.22. The molecule has 0 unspecified atom stereocenters. The normalized spacial score (nSPS) is 13.1.